The van der Waals surface area contributed by atoms with Gasteiger partial charge in [-0.15, -0.1) is 0 Å². The molecule has 0 amide bonds. The van der Waals surface area contributed by atoms with Gasteiger partial charge in [0.15, 0.2) is 11.6 Å². The number of hydrogen-bond acceptors (Lipinski definition) is 2. The summed E-state index contributed by atoms with van der Waals surface area (Å²) >= 11 is 0. The molecule has 15 heavy (non-hydrogen) atoms. The molecule has 1 aliphatic rings. The molecule has 0 aliphatic carbocycles. The van der Waals surface area contributed by atoms with Gasteiger partial charge in [0.25, 0.3) is 0 Å². The van der Waals surface area contributed by atoms with Gasteiger partial charge in [0.1, 0.15) is 6.61 Å². The minimum atomic E-state index is -0.279. The summed E-state index contributed by atoms with van der Waals surface area (Å²) in [6.07, 6.45) is 2.30. The first kappa shape index (κ1) is 10.4. The number of nitrogens with one attached hydrogen (secondary N) is 1. The largest absolute Gasteiger partial charge is 0.489 e. The number of aryl methyl sites for hydroxylation is 1. The molecule has 0 saturated carbocycles. The minimum Gasteiger partial charge on any atom is -0.489 e. The van der Waals surface area contributed by atoms with Crippen LogP contribution in [-0.2, 0) is 0 Å². The molecule has 1 fully saturated rings. The van der Waals surface area contributed by atoms with Crippen LogP contribution in [0.25, 0.3) is 0 Å². The van der Waals surface area contributed by atoms with Crippen LogP contribution in [0.4, 0.5) is 4.39 Å². The molecule has 2 rings (SSSR count). The number of rotatable bonds is 3. The summed E-state index contributed by atoms with van der Waals surface area (Å²) in [5.74, 6) is 0.0855. The Balaban J connectivity index is 1.94. The van der Waals surface area contributed by atoms with Crippen molar-refractivity contribution in [3.05, 3.63) is 29.6 Å². The van der Waals surface area contributed by atoms with Crippen LogP contribution in [0.3, 0.4) is 0 Å². The predicted molar refractivity (Wildman–Crippen MR) is 57.7 cm³/mol. The maximum Gasteiger partial charge on any atom is 0.165 e. The average Bonchev–Trinajstić information content (AvgIpc) is 2.72. The number of ether oxygens (including phenoxy) is 1. The quantitative estimate of drug-likeness (QED) is 0.824. The fourth-order valence-corrected chi connectivity index (χ4v) is 1.81. The molecular weight excluding hydrogens is 193 g/mol. The van der Waals surface area contributed by atoms with Gasteiger partial charge in [-0.1, -0.05) is 6.07 Å². The molecule has 1 aromatic carbocycles. The molecule has 1 saturated heterocycles. The molecule has 1 unspecified atom stereocenters. The maximum atomic E-state index is 13.3. The molecule has 1 aliphatic heterocycles. The standard InChI is InChI=1S/C12H16FNO/c1-9-4-5-11(13)12(7-9)15-8-10-3-2-6-14-10/h4-5,7,10,14H,2-3,6,8H2,1H3. The van der Waals surface area contributed by atoms with E-state index in [-0.39, 0.29) is 5.82 Å². The van der Waals surface area contributed by atoms with Gasteiger partial charge in [-0.25, -0.2) is 4.39 Å². The SMILES string of the molecule is Cc1ccc(F)c(OCC2CCCN2)c1. The fourth-order valence-electron chi connectivity index (χ4n) is 1.81. The summed E-state index contributed by atoms with van der Waals surface area (Å²) in [4.78, 5) is 0. The highest BCUT2D eigenvalue weighted by atomic mass is 19.1. The zero-order valence-corrected chi connectivity index (χ0v) is 8.92. The lowest BCUT2D eigenvalue weighted by Crippen LogP contribution is -2.28. The number of benzene rings is 1. The zero-order valence-electron chi connectivity index (χ0n) is 8.92. The molecule has 0 bridgehead atoms. The Kier molecular flexibility index (Phi) is 3.21. The Hall–Kier alpha value is -1.09. The Morgan fingerprint density at radius 3 is 3.13 bits per heavy atom. The van der Waals surface area contributed by atoms with Crippen LogP contribution in [0.5, 0.6) is 5.75 Å². The molecule has 1 aromatic rings. The Morgan fingerprint density at radius 1 is 1.53 bits per heavy atom. The van der Waals surface area contributed by atoms with E-state index in [0.717, 1.165) is 18.5 Å². The van der Waals surface area contributed by atoms with Gasteiger partial charge in [-0.2, -0.15) is 0 Å². The van der Waals surface area contributed by atoms with Crippen molar-refractivity contribution in [2.75, 3.05) is 13.2 Å². The molecular formula is C12H16FNO. The van der Waals surface area contributed by atoms with E-state index in [4.69, 9.17) is 4.74 Å². The van der Waals surface area contributed by atoms with E-state index in [9.17, 15) is 4.39 Å². The Labute approximate surface area is 89.4 Å². The highest BCUT2D eigenvalue weighted by Crippen LogP contribution is 2.19. The van der Waals surface area contributed by atoms with Gasteiger partial charge < -0.3 is 10.1 Å². The summed E-state index contributed by atoms with van der Waals surface area (Å²) in [5, 5.41) is 3.31. The summed E-state index contributed by atoms with van der Waals surface area (Å²) in [5.41, 5.74) is 1.02. The molecule has 1 heterocycles. The zero-order chi connectivity index (χ0) is 10.7. The smallest absolute Gasteiger partial charge is 0.165 e. The topological polar surface area (TPSA) is 21.3 Å². The monoisotopic (exact) mass is 209 g/mol. The second-order valence-corrected chi connectivity index (χ2v) is 4.04. The second kappa shape index (κ2) is 4.62. The lowest BCUT2D eigenvalue weighted by Gasteiger charge is -2.12. The lowest BCUT2D eigenvalue weighted by atomic mass is 10.2. The third kappa shape index (κ3) is 2.69. The van der Waals surface area contributed by atoms with Gasteiger partial charge in [0, 0.05) is 6.04 Å². The summed E-state index contributed by atoms with van der Waals surface area (Å²) in [7, 11) is 0. The Morgan fingerprint density at radius 2 is 2.40 bits per heavy atom. The van der Waals surface area contributed by atoms with Crippen molar-refractivity contribution < 1.29 is 9.13 Å². The van der Waals surface area contributed by atoms with Crippen LogP contribution in [-0.4, -0.2) is 19.2 Å². The first-order valence-electron chi connectivity index (χ1n) is 5.38. The molecule has 0 spiro atoms. The fraction of sp³-hybridized carbons (Fsp3) is 0.500. The average molecular weight is 209 g/mol. The first-order valence-corrected chi connectivity index (χ1v) is 5.38. The molecule has 82 valence electrons. The van der Waals surface area contributed by atoms with E-state index in [0.29, 0.717) is 18.4 Å². The summed E-state index contributed by atoms with van der Waals surface area (Å²) in [6, 6.07) is 5.32. The molecule has 2 nitrogen and oxygen atoms in total. The van der Waals surface area contributed by atoms with Gasteiger partial charge in [-0.3, -0.25) is 0 Å². The molecule has 1 N–H and O–H groups in total. The third-order valence-corrected chi connectivity index (χ3v) is 2.69. The highest BCUT2D eigenvalue weighted by Gasteiger charge is 2.15. The maximum absolute atomic E-state index is 13.3. The van der Waals surface area contributed by atoms with Crippen molar-refractivity contribution in [3.63, 3.8) is 0 Å². The molecule has 0 radical (unpaired) electrons. The summed E-state index contributed by atoms with van der Waals surface area (Å²) in [6.45, 7) is 3.53. The Bertz CT molecular complexity index is 334. The van der Waals surface area contributed by atoms with Crippen LogP contribution < -0.4 is 10.1 Å². The van der Waals surface area contributed by atoms with Crippen molar-refractivity contribution in [1.82, 2.24) is 5.32 Å². The minimum absolute atomic E-state index is 0.279. The van der Waals surface area contributed by atoms with Crippen molar-refractivity contribution in [1.29, 1.82) is 0 Å². The van der Waals surface area contributed by atoms with Crippen LogP contribution in [0.1, 0.15) is 18.4 Å². The predicted octanol–water partition coefficient (Wildman–Crippen LogP) is 2.26. The highest BCUT2D eigenvalue weighted by molar-refractivity contribution is 5.29. The number of halogens is 1. The van der Waals surface area contributed by atoms with E-state index in [1.54, 1.807) is 12.1 Å². The summed E-state index contributed by atoms with van der Waals surface area (Å²) < 4.78 is 18.8. The van der Waals surface area contributed by atoms with Gasteiger partial charge in [0.2, 0.25) is 0 Å². The molecule has 1 atom stereocenters. The van der Waals surface area contributed by atoms with Crippen LogP contribution in [0.15, 0.2) is 18.2 Å². The van der Waals surface area contributed by atoms with E-state index in [1.807, 2.05) is 6.92 Å². The normalized spacial score (nSPS) is 20.5. The lowest BCUT2D eigenvalue weighted by molar-refractivity contribution is 0.265. The van der Waals surface area contributed by atoms with E-state index >= 15 is 0 Å². The van der Waals surface area contributed by atoms with Crippen LogP contribution in [0.2, 0.25) is 0 Å². The van der Waals surface area contributed by atoms with Crippen molar-refractivity contribution in [3.8, 4) is 5.75 Å². The van der Waals surface area contributed by atoms with Crippen LogP contribution >= 0.6 is 0 Å². The van der Waals surface area contributed by atoms with Crippen molar-refractivity contribution in [2.45, 2.75) is 25.8 Å². The van der Waals surface area contributed by atoms with E-state index in [1.165, 1.54) is 12.5 Å². The molecule has 0 aromatic heterocycles. The van der Waals surface area contributed by atoms with Gasteiger partial charge in [0.05, 0.1) is 0 Å². The van der Waals surface area contributed by atoms with Crippen molar-refractivity contribution in [2.24, 2.45) is 0 Å². The second-order valence-electron chi connectivity index (χ2n) is 4.04. The molecule has 3 heteroatoms. The van der Waals surface area contributed by atoms with Gasteiger partial charge >= 0.3 is 0 Å². The third-order valence-electron chi connectivity index (χ3n) is 2.69. The van der Waals surface area contributed by atoms with E-state index < -0.39 is 0 Å². The van der Waals surface area contributed by atoms with Crippen LogP contribution in [0, 0.1) is 12.7 Å². The first-order chi connectivity index (χ1) is 7.25. The van der Waals surface area contributed by atoms with Gasteiger partial charge in [-0.05, 0) is 44.0 Å². The van der Waals surface area contributed by atoms with E-state index in [2.05, 4.69) is 5.32 Å². The van der Waals surface area contributed by atoms with Crippen molar-refractivity contribution >= 4 is 0 Å². The number of hydrogen-bond donors (Lipinski definition) is 1.